The Hall–Kier alpha value is 0.357. The fourth-order valence-corrected chi connectivity index (χ4v) is 0.634. The summed E-state index contributed by atoms with van der Waals surface area (Å²) in [6.45, 7) is -1.11. The summed E-state index contributed by atoms with van der Waals surface area (Å²) >= 11 is 0. The molecule has 0 amide bonds. The second kappa shape index (κ2) is 7.98. The minimum atomic E-state index is -4.39. The molecule has 0 saturated heterocycles. The van der Waals surface area contributed by atoms with Gasteiger partial charge in [0.2, 0.25) is 0 Å². The van der Waals surface area contributed by atoms with E-state index in [1.54, 1.807) is 0 Å². The zero-order chi connectivity index (χ0) is 8.74. The van der Waals surface area contributed by atoms with Crippen molar-refractivity contribution in [3.05, 3.63) is 0 Å². The van der Waals surface area contributed by atoms with Gasteiger partial charge in [0, 0.05) is 0 Å². The summed E-state index contributed by atoms with van der Waals surface area (Å²) in [4.78, 5) is 0. The van der Waals surface area contributed by atoms with Gasteiger partial charge in [0.15, 0.2) is 0 Å². The van der Waals surface area contributed by atoms with Crippen LogP contribution in [0.1, 0.15) is 1.43 Å². The molecule has 8 heteroatoms. The molecule has 1 N–H and O–H groups in total. The van der Waals surface area contributed by atoms with Crippen molar-refractivity contribution in [1.82, 2.24) is 0 Å². The fraction of sp³-hybridized carbons (Fsp3) is 1.00. The Balaban J connectivity index is -0.000000500. The van der Waals surface area contributed by atoms with Crippen LogP contribution >= 0.6 is 0 Å². The second-order valence-corrected chi connectivity index (χ2v) is 2.64. The topological polar surface area (TPSA) is 72.8 Å². The molecular formula is C4H10FLiO5S. The van der Waals surface area contributed by atoms with Crippen molar-refractivity contribution in [1.29, 1.82) is 0 Å². The molecule has 0 unspecified atom stereocenters. The van der Waals surface area contributed by atoms with Crippen molar-refractivity contribution in [2.45, 2.75) is 0 Å². The summed E-state index contributed by atoms with van der Waals surface area (Å²) in [6, 6.07) is 0. The van der Waals surface area contributed by atoms with E-state index in [0.29, 0.717) is 0 Å². The molecule has 0 atom stereocenters. The summed E-state index contributed by atoms with van der Waals surface area (Å²) < 4.78 is 47.4. The molecule has 0 heterocycles. The summed E-state index contributed by atoms with van der Waals surface area (Å²) in [5, 5.41) is 0. The monoisotopic (exact) mass is 196 g/mol. The Labute approximate surface area is 83.8 Å². The van der Waals surface area contributed by atoms with Crippen LogP contribution in [0.4, 0.5) is 4.39 Å². The third-order valence-corrected chi connectivity index (χ3v) is 1.15. The minimum absolute atomic E-state index is 0. The summed E-state index contributed by atoms with van der Waals surface area (Å²) in [5.74, 6) is 0. The molecule has 5 nitrogen and oxygen atoms in total. The van der Waals surface area contributed by atoms with Crippen LogP contribution in [-0.4, -0.2) is 39.5 Å². The third-order valence-electron chi connectivity index (χ3n) is 0.681. The number of hydrogen-bond acceptors (Lipinski definition) is 4. The van der Waals surface area contributed by atoms with Gasteiger partial charge < -0.3 is 6.16 Å². The molecule has 12 heavy (non-hydrogen) atoms. The Bertz CT molecular complexity index is 187. The number of rotatable bonds is 6. The SMILES string of the molecule is O=S(=O)(O)OCCOCCF.[H-].[Li+]. The van der Waals surface area contributed by atoms with Crippen molar-refractivity contribution in [3.63, 3.8) is 0 Å². The standard InChI is InChI=1S/C4H9FO5S.Li.H/c5-1-2-9-3-4-10-11(6,7)8;;/h1-4H2,(H,6,7,8);;/q;+1;-1. The van der Waals surface area contributed by atoms with Gasteiger partial charge in [-0.25, -0.2) is 8.57 Å². The Morgan fingerprint density at radius 1 is 1.33 bits per heavy atom. The molecular weight excluding hydrogens is 186 g/mol. The van der Waals surface area contributed by atoms with E-state index in [1.807, 2.05) is 0 Å². The van der Waals surface area contributed by atoms with Crippen molar-refractivity contribution in [2.24, 2.45) is 0 Å². The van der Waals surface area contributed by atoms with E-state index in [2.05, 4.69) is 8.92 Å². The smallest absolute Gasteiger partial charge is 1.00 e. The van der Waals surface area contributed by atoms with Gasteiger partial charge in [-0.2, -0.15) is 8.42 Å². The zero-order valence-electron chi connectivity index (χ0n) is 7.69. The molecule has 0 aromatic rings. The first-order chi connectivity index (χ1) is 5.06. The second-order valence-electron chi connectivity index (χ2n) is 1.55. The quantitative estimate of drug-likeness (QED) is 0.277. The first-order valence-electron chi connectivity index (χ1n) is 2.82. The van der Waals surface area contributed by atoms with E-state index >= 15 is 0 Å². The maximum atomic E-state index is 11.3. The summed E-state index contributed by atoms with van der Waals surface area (Å²) in [6.07, 6.45) is 0. The predicted octanol–water partition coefficient (Wildman–Crippen LogP) is -3.09. The van der Waals surface area contributed by atoms with Crippen LogP contribution in [-0.2, 0) is 19.3 Å². The van der Waals surface area contributed by atoms with Crippen molar-refractivity contribution in [3.8, 4) is 0 Å². The largest absolute Gasteiger partial charge is 1.00 e. The molecule has 0 spiro atoms. The average Bonchev–Trinajstić information content (AvgIpc) is 1.85. The molecule has 70 valence electrons. The number of alkyl halides is 1. The van der Waals surface area contributed by atoms with Gasteiger partial charge in [0.25, 0.3) is 0 Å². The molecule has 0 aromatic heterocycles. The van der Waals surface area contributed by atoms with E-state index in [4.69, 9.17) is 4.55 Å². The molecule has 0 aliphatic rings. The molecule has 0 aliphatic heterocycles. The molecule has 0 radical (unpaired) electrons. The first kappa shape index (κ1) is 14.9. The minimum Gasteiger partial charge on any atom is -1.00 e. The van der Waals surface area contributed by atoms with Crippen LogP contribution in [0, 0.1) is 0 Å². The van der Waals surface area contributed by atoms with Gasteiger partial charge in [-0.05, 0) is 0 Å². The van der Waals surface area contributed by atoms with Crippen LogP contribution in [0.3, 0.4) is 0 Å². The number of ether oxygens (including phenoxy) is 1. The van der Waals surface area contributed by atoms with E-state index < -0.39 is 17.1 Å². The van der Waals surface area contributed by atoms with E-state index in [9.17, 15) is 12.8 Å². The van der Waals surface area contributed by atoms with Gasteiger partial charge >= 0.3 is 29.3 Å². The zero-order valence-corrected chi connectivity index (χ0v) is 7.51. The van der Waals surface area contributed by atoms with Crippen LogP contribution in [0.25, 0.3) is 0 Å². The maximum Gasteiger partial charge on any atom is 1.00 e. The number of halogens is 1. The van der Waals surface area contributed by atoms with Crippen LogP contribution in [0.5, 0.6) is 0 Å². The van der Waals surface area contributed by atoms with E-state index in [1.165, 1.54) is 0 Å². The van der Waals surface area contributed by atoms with Crippen LogP contribution in [0.15, 0.2) is 0 Å². The first-order valence-corrected chi connectivity index (χ1v) is 4.18. The van der Waals surface area contributed by atoms with Crippen molar-refractivity contribution in [2.75, 3.05) is 26.5 Å². The number of hydrogen-bond donors (Lipinski definition) is 1. The van der Waals surface area contributed by atoms with Crippen LogP contribution in [0.2, 0.25) is 0 Å². The Morgan fingerprint density at radius 2 is 1.92 bits per heavy atom. The Kier molecular flexibility index (Phi) is 9.88. The Morgan fingerprint density at radius 3 is 2.33 bits per heavy atom. The average molecular weight is 196 g/mol. The third kappa shape index (κ3) is 13.0. The van der Waals surface area contributed by atoms with Gasteiger partial charge in [0.1, 0.15) is 6.67 Å². The van der Waals surface area contributed by atoms with Gasteiger partial charge in [-0.15, -0.1) is 0 Å². The predicted molar refractivity (Wildman–Crippen MR) is 35.4 cm³/mol. The molecule has 0 fully saturated rings. The van der Waals surface area contributed by atoms with Crippen LogP contribution < -0.4 is 18.9 Å². The molecule has 0 rings (SSSR count). The molecule has 0 aliphatic carbocycles. The normalized spacial score (nSPS) is 10.8. The van der Waals surface area contributed by atoms with Crippen molar-refractivity contribution < 1.29 is 46.6 Å². The summed E-state index contributed by atoms with van der Waals surface area (Å²) in [7, 11) is -4.39. The van der Waals surface area contributed by atoms with E-state index in [-0.39, 0.29) is 40.1 Å². The fourth-order valence-electron chi connectivity index (χ4n) is 0.355. The van der Waals surface area contributed by atoms with Gasteiger partial charge in [0.05, 0.1) is 19.8 Å². The molecule has 0 saturated carbocycles. The van der Waals surface area contributed by atoms with Crippen molar-refractivity contribution >= 4 is 10.4 Å². The van der Waals surface area contributed by atoms with Gasteiger partial charge in [-0.3, -0.25) is 4.55 Å². The molecule has 0 aromatic carbocycles. The molecule has 0 bridgehead atoms. The maximum absolute atomic E-state index is 11.3. The van der Waals surface area contributed by atoms with Gasteiger partial charge in [-0.1, -0.05) is 0 Å². The summed E-state index contributed by atoms with van der Waals surface area (Å²) in [5.41, 5.74) is 0. The van der Waals surface area contributed by atoms with E-state index in [0.717, 1.165) is 0 Å².